The highest BCUT2D eigenvalue weighted by Gasteiger charge is 2.39. The molecule has 3 amide bonds. The van der Waals surface area contributed by atoms with Crippen molar-refractivity contribution in [3.8, 4) is 0 Å². The summed E-state index contributed by atoms with van der Waals surface area (Å²) < 4.78 is 1.49. The van der Waals surface area contributed by atoms with Crippen LogP contribution in [0.4, 0.5) is 0 Å². The SMILES string of the molecule is CNC(=O)[C@@H]1CNC(=O)c2c3c(nn21)C[C@@H](C)N(C(=O)c1ccc(Cl)c(Cl)c1)C3. The molecule has 2 atom stereocenters. The number of carbonyl (C=O) groups is 3. The summed E-state index contributed by atoms with van der Waals surface area (Å²) in [5.41, 5.74) is 2.15. The monoisotopic (exact) mass is 435 g/mol. The minimum atomic E-state index is -0.618. The Morgan fingerprint density at radius 2 is 2.03 bits per heavy atom. The number of nitrogens with zero attached hydrogens (tertiary/aromatic N) is 3. The molecule has 0 saturated carbocycles. The number of aromatic nitrogens is 2. The molecule has 2 N–H and O–H groups in total. The molecule has 2 aromatic rings. The Bertz CT molecular complexity index is 1040. The zero-order valence-corrected chi connectivity index (χ0v) is 17.3. The van der Waals surface area contributed by atoms with E-state index in [1.165, 1.54) is 10.7 Å². The van der Waals surface area contributed by atoms with Crippen LogP contribution in [0.25, 0.3) is 0 Å². The van der Waals surface area contributed by atoms with E-state index in [1.807, 2.05) is 6.92 Å². The van der Waals surface area contributed by atoms with Gasteiger partial charge in [-0.05, 0) is 25.1 Å². The lowest BCUT2D eigenvalue weighted by Gasteiger charge is -2.33. The summed E-state index contributed by atoms with van der Waals surface area (Å²) in [5, 5.41) is 10.6. The van der Waals surface area contributed by atoms with Crippen molar-refractivity contribution in [1.29, 1.82) is 0 Å². The molecule has 2 aliphatic heterocycles. The predicted molar refractivity (Wildman–Crippen MR) is 107 cm³/mol. The minimum absolute atomic E-state index is 0.136. The Balaban J connectivity index is 1.71. The lowest BCUT2D eigenvalue weighted by Crippen LogP contribution is -2.46. The van der Waals surface area contributed by atoms with Crippen molar-refractivity contribution in [2.24, 2.45) is 0 Å². The van der Waals surface area contributed by atoms with Gasteiger partial charge < -0.3 is 15.5 Å². The first-order valence-electron chi connectivity index (χ1n) is 9.17. The number of hydrogen-bond donors (Lipinski definition) is 2. The molecule has 0 aliphatic carbocycles. The molecule has 8 nitrogen and oxygen atoms in total. The van der Waals surface area contributed by atoms with Crippen LogP contribution < -0.4 is 10.6 Å². The summed E-state index contributed by atoms with van der Waals surface area (Å²) >= 11 is 12.0. The molecule has 0 fully saturated rings. The van der Waals surface area contributed by atoms with E-state index in [2.05, 4.69) is 15.7 Å². The van der Waals surface area contributed by atoms with Gasteiger partial charge in [-0.25, -0.2) is 4.68 Å². The molecule has 0 bridgehead atoms. The van der Waals surface area contributed by atoms with E-state index in [9.17, 15) is 14.4 Å². The third kappa shape index (κ3) is 3.26. The van der Waals surface area contributed by atoms with Crippen LogP contribution in [-0.2, 0) is 17.8 Å². The fourth-order valence-electron chi connectivity index (χ4n) is 3.83. The molecule has 29 heavy (non-hydrogen) atoms. The standard InChI is InChI=1S/C19H19Cl2N5O3/c1-9-5-14-11(8-25(9)19(29)10-3-4-12(20)13(21)6-10)16-18(28)23-7-15(17(27)22-2)26(16)24-14/h3-4,6,9,15H,5,7-8H2,1-2H3,(H,22,27)(H,23,28)/t9-,15+/m1/s1. The number of halogens is 2. The Hall–Kier alpha value is -2.58. The normalized spacial score (nSPS) is 20.6. The van der Waals surface area contributed by atoms with Crippen molar-refractivity contribution in [1.82, 2.24) is 25.3 Å². The molecule has 1 aromatic heterocycles. The van der Waals surface area contributed by atoms with E-state index in [0.717, 1.165) is 5.69 Å². The molecule has 0 radical (unpaired) electrons. The zero-order chi connectivity index (χ0) is 20.9. The van der Waals surface area contributed by atoms with Gasteiger partial charge in [0, 0.05) is 37.2 Å². The summed E-state index contributed by atoms with van der Waals surface area (Å²) in [5.74, 6) is -0.737. The highest BCUT2D eigenvalue weighted by atomic mass is 35.5. The van der Waals surface area contributed by atoms with Crippen LogP contribution in [0.2, 0.25) is 10.0 Å². The van der Waals surface area contributed by atoms with Gasteiger partial charge in [0.25, 0.3) is 11.8 Å². The van der Waals surface area contributed by atoms with Crippen molar-refractivity contribution in [3.05, 3.63) is 50.8 Å². The molecule has 4 rings (SSSR count). The summed E-state index contributed by atoms with van der Waals surface area (Å²) in [6, 6.07) is 3.99. The van der Waals surface area contributed by atoms with Gasteiger partial charge in [0.05, 0.1) is 22.3 Å². The number of amides is 3. The minimum Gasteiger partial charge on any atom is -0.357 e. The van der Waals surface area contributed by atoms with Crippen LogP contribution in [0.15, 0.2) is 18.2 Å². The van der Waals surface area contributed by atoms with Crippen LogP contribution in [0.1, 0.15) is 45.1 Å². The summed E-state index contributed by atoms with van der Waals surface area (Å²) in [7, 11) is 1.54. The lowest BCUT2D eigenvalue weighted by molar-refractivity contribution is -0.124. The molecular formula is C19H19Cl2N5O3. The highest BCUT2D eigenvalue weighted by molar-refractivity contribution is 6.42. The molecule has 0 unspecified atom stereocenters. The zero-order valence-electron chi connectivity index (χ0n) is 15.8. The molecule has 10 heteroatoms. The number of benzene rings is 1. The smallest absolute Gasteiger partial charge is 0.270 e. The Kier molecular flexibility index (Phi) is 5.00. The number of fused-ring (bicyclic) bond motifs is 3. The van der Waals surface area contributed by atoms with Crippen LogP contribution in [0.3, 0.4) is 0 Å². The van der Waals surface area contributed by atoms with Crippen molar-refractivity contribution < 1.29 is 14.4 Å². The predicted octanol–water partition coefficient (Wildman–Crippen LogP) is 1.81. The van der Waals surface area contributed by atoms with E-state index >= 15 is 0 Å². The summed E-state index contributed by atoms with van der Waals surface area (Å²) in [4.78, 5) is 39.6. The molecule has 3 heterocycles. The molecule has 0 saturated heterocycles. The van der Waals surface area contributed by atoms with Gasteiger partial charge in [-0.1, -0.05) is 23.2 Å². The maximum atomic E-state index is 13.1. The lowest BCUT2D eigenvalue weighted by atomic mass is 9.97. The number of rotatable bonds is 2. The largest absolute Gasteiger partial charge is 0.357 e. The Labute approximate surface area is 177 Å². The molecule has 152 valence electrons. The average molecular weight is 436 g/mol. The van der Waals surface area contributed by atoms with Crippen LogP contribution in [0.5, 0.6) is 0 Å². The number of nitrogens with one attached hydrogen (secondary N) is 2. The van der Waals surface area contributed by atoms with E-state index < -0.39 is 6.04 Å². The second kappa shape index (κ2) is 7.35. The van der Waals surface area contributed by atoms with E-state index in [4.69, 9.17) is 23.2 Å². The number of likely N-dealkylation sites (N-methyl/N-ethyl adjacent to an activating group) is 1. The molecule has 0 spiro atoms. The number of hydrogen-bond acceptors (Lipinski definition) is 4. The van der Waals surface area contributed by atoms with E-state index in [1.54, 1.807) is 24.1 Å². The summed E-state index contributed by atoms with van der Waals surface area (Å²) in [6.07, 6.45) is 0.482. The van der Waals surface area contributed by atoms with Crippen molar-refractivity contribution in [2.45, 2.75) is 32.0 Å². The van der Waals surface area contributed by atoms with Gasteiger partial charge in [0.1, 0.15) is 11.7 Å². The van der Waals surface area contributed by atoms with Gasteiger partial charge in [-0.2, -0.15) is 5.10 Å². The van der Waals surface area contributed by atoms with Gasteiger partial charge in [0.2, 0.25) is 5.91 Å². The van der Waals surface area contributed by atoms with Crippen LogP contribution >= 0.6 is 23.2 Å². The van der Waals surface area contributed by atoms with Crippen molar-refractivity contribution in [3.63, 3.8) is 0 Å². The van der Waals surface area contributed by atoms with Crippen molar-refractivity contribution in [2.75, 3.05) is 13.6 Å². The maximum Gasteiger partial charge on any atom is 0.270 e. The topological polar surface area (TPSA) is 96.3 Å². The van der Waals surface area contributed by atoms with E-state index in [0.29, 0.717) is 33.3 Å². The first-order chi connectivity index (χ1) is 13.8. The van der Waals surface area contributed by atoms with E-state index in [-0.39, 0.29) is 36.9 Å². The molecular weight excluding hydrogens is 417 g/mol. The van der Waals surface area contributed by atoms with Gasteiger partial charge in [-0.15, -0.1) is 0 Å². The highest BCUT2D eigenvalue weighted by Crippen LogP contribution is 2.31. The second-order valence-electron chi connectivity index (χ2n) is 7.17. The summed E-state index contributed by atoms with van der Waals surface area (Å²) in [6.45, 7) is 2.32. The molecule has 1 aromatic carbocycles. The maximum absolute atomic E-state index is 13.1. The fourth-order valence-corrected chi connectivity index (χ4v) is 4.12. The average Bonchev–Trinajstić information content (AvgIpc) is 3.07. The fraction of sp³-hybridized carbons (Fsp3) is 0.368. The number of carbonyl (C=O) groups excluding carboxylic acids is 3. The third-order valence-corrected chi connectivity index (χ3v) is 6.12. The second-order valence-corrected chi connectivity index (χ2v) is 7.99. The van der Waals surface area contributed by atoms with Gasteiger partial charge >= 0.3 is 0 Å². The van der Waals surface area contributed by atoms with Crippen molar-refractivity contribution >= 4 is 40.9 Å². The van der Waals surface area contributed by atoms with Crippen LogP contribution in [0, 0.1) is 0 Å². The van der Waals surface area contributed by atoms with Crippen LogP contribution in [-0.4, -0.2) is 52.0 Å². The Morgan fingerprint density at radius 3 is 2.72 bits per heavy atom. The Morgan fingerprint density at radius 1 is 1.28 bits per heavy atom. The first kappa shape index (κ1) is 19.7. The first-order valence-corrected chi connectivity index (χ1v) is 9.93. The third-order valence-electron chi connectivity index (χ3n) is 5.38. The molecule has 2 aliphatic rings. The quantitative estimate of drug-likeness (QED) is 0.751. The van der Waals surface area contributed by atoms with Gasteiger partial charge in [0.15, 0.2) is 0 Å². The van der Waals surface area contributed by atoms with Gasteiger partial charge in [-0.3, -0.25) is 14.4 Å².